The monoisotopic (exact) mass is 393 g/mol. The maximum atomic E-state index is 13.0. The molecule has 0 spiro atoms. The largest absolute Gasteiger partial charge is 1.00 e. The van der Waals surface area contributed by atoms with Crippen molar-refractivity contribution in [3.8, 4) is 5.69 Å². The Bertz CT molecular complexity index is 912. The van der Waals surface area contributed by atoms with Gasteiger partial charge in [-0.2, -0.15) is 0 Å². The van der Waals surface area contributed by atoms with E-state index >= 15 is 0 Å². The summed E-state index contributed by atoms with van der Waals surface area (Å²) in [5.74, 6) is -1.64. The third-order valence-corrected chi connectivity index (χ3v) is 5.48. The average Bonchev–Trinajstić information content (AvgIpc) is 3.20. The number of hydrogen-bond donors (Lipinski definition) is 1. The fourth-order valence-corrected chi connectivity index (χ4v) is 4.03. The Morgan fingerprint density at radius 2 is 1.79 bits per heavy atom. The van der Waals surface area contributed by atoms with Crippen molar-refractivity contribution in [1.82, 2.24) is 9.36 Å². The summed E-state index contributed by atoms with van der Waals surface area (Å²) in [6.45, 7) is 1.90. The minimum atomic E-state index is -1.18. The van der Waals surface area contributed by atoms with Crippen LogP contribution in [0.3, 0.4) is 0 Å². The van der Waals surface area contributed by atoms with Crippen LogP contribution in [0, 0.1) is 5.41 Å². The predicted octanol–water partition coefficient (Wildman–Crippen LogP) is -1.62. The number of nitrogens with one attached hydrogen (secondary N) is 1. The van der Waals surface area contributed by atoms with E-state index in [-0.39, 0.29) is 47.2 Å². The van der Waals surface area contributed by atoms with Gasteiger partial charge in [0.2, 0.25) is 5.91 Å². The molecule has 1 aromatic heterocycles. The molecule has 1 saturated carbocycles. The summed E-state index contributed by atoms with van der Waals surface area (Å²) in [5, 5.41) is 14.3. The van der Waals surface area contributed by atoms with Crippen molar-refractivity contribution in [3.63, 3.8) is 0 Å². The summed E-state index contributed by atoms with van der Waals surface area (Å²) in [4.78, 5) is 37.1. The van der Waals surface area contributed by atoms with E-state index in [9.17, 15) is 19.5 Å². The van der Waals surface area contributed by atoms with E-state index in [4.69, 9.17) is 0 Å². The fourth-order valence-electron chi connectivity index (χ4n) is 4.03. The molecule has 1 aliphatic rings. The van der Waals surface area contributed by atoms with Crippen LogP contribution in [0.4, 0.5) is 5.69 Å². The molecule has 144 valence electrons. The van der Waals surface area contributed by atoms with Crippen molar-refractivity contribution in [1.29, 1.82) is 0 Å². The van der Waals surface area contributed by atoms with Crippen LogP contribution in [-0.2, 0) is 23.1 Å². The average molecular weight is 393 g/mol. The van der Waals surface area contributed by atoms with E-state index in [1.165, 1.54) is 4.68 Å². The first-order valence-corrected chi connectivity index (χ1v) is 9.27. The molecular formula is C20H24N3NaO4. The molecule has 3 rings (SSSR count). The van der Waals surface area contributed by atoms with Gasteiger partial charge in [-0.3, -0.25) is 14.3 Å². The van der Waals surface area contributed by atoms with Crippen molar-refractivity contribution in [3.05, 3.63) is 46.4 Å². The first-order chi connectivity index (χ1) is 12.9. The summed E-state index contributed by atoms with van der Waals surface area (Å²) in [5.41, 5.74) is 0.139. The van der Waals surface area contributed by atoms with Gasteiger partial charge in [0.05, 0.1) is 11.4 Å². The van der Waals surface area contributed by atoms with E-state index in [2.05, 4.69) is 5.32 Å². The van der Waals surface area contributed by atoms with Crippen LogP contribution < -0.4 is 45.5 Å². The van der Waals surface area contributed by atoms with Crippen LogP contribution in [0.15, 0.2) is 35.1 Å². The van der Waals surface area contributed by atoms with Gasteiger partial charge in [-0.25, -0.2) is 4.68 Å². The summed E-state index contributed by atoms with van der Waals surface area (Å²) < 4.78 is 3.22. The predicted molar refractivity (Wildman–Crippen MR) is 99.5 cm³/mol. The number of carboxylic acid groups (broad SMARTS) is 1. The van der Waals surface area contributed by atoms with Gasteiger partial charge in [-0.1, -0.05) is 38.0 Å². The van der Waals surface area contributed by atoms with Gasteiger partial charge in [-0.05, 0) is 31.4 Å². The number of carbonyl (C=O) groups is 2. The molecule has 1 aliphatic carbocycles. The van der Waals surface area contributed by atoms with Crippen molar-refractivity contribution >= 4 is 17.6 Å². The first kappa shape index (κ1) is 22.5. The zero-order valence-electron chi connectivity index (χ0n) is 16.7. The number of benzene rings is 1. The van der Waals surface area contributed by atoms with E-state index in [1.54, 1.807) is 11.7 Å². The van der Waals surface area contributed by atoms with E-state index in [0.29, 0.717) is 30.6 Å². The summed E-state index contributed by atoms with van der Waals surface area (Å²) >= 11 is 0. The van der Waals surface area contributed by atoms with Gasteiger partial charge in [-0.15, -0.1) is 0 Å². The summed E-state index contributed by atoms with van der Waals surface area (Å²) in [7, 11) is 1.77. The first-order valence-electron chi connectivity index (χ1n) is 9.27. The third kappa shape index (κ3) is 4.11. The van der Waals surface area contributed by atoms with Crippen LogP contribution in [-0.4, -0.2) is 21.2 Å². The number of rotatable bonds is 6. The molecule has 0 atom stereocenters. The molecule has 8 heteroatoms. The van der Waals surface area contributed by atoms with Crippen LogP contribution in [0.2, 0.25) is 0 Å². The Morgan fingerprint density at radius 1 is 1.18 bits per heavy atom. The second-order valence-corrected chi connectivity index (χ2v) is 7.15. The maximum Gasteiger partial charge on any atom is 1.00 e. The second-order valence-electron chi connectivity index (χ2n) is 7.15. The van der Waals surface area contributed by atoms with Crippen LogP contribution in [0.1, 0.15) is 44.7 Å². The fraction of sp³-hybridized carbons (Fsp3) is 0.450. The topological polar surface area (TPSA) is 96.2 Å². The van der Waals surface area contributed by atoms with E-state index in [1.807, 2.05) is 37.3 Å². The zero-order chi connectivity index (χ0) is 19.6. The Balaban J connectivity index is 0.00000280. The van der Waals surface area contributed by atoms with Crippen molar-refractivity contribution in [2.45, 2.75) is 45.4 Å². The molecule has 0 saturated heterocycles. The minimum Gasteiger partial charge on any atom is -0.550 e. The van der Waals surface area contributed by atoms with Gasteiger partial charge < -0.3 is 15.2 Å². The van der Waals surface area contributed by atoms with Crippen LogP contribution >= 0.6 is 0 Å². The second kappa shape index (κ2) is 9.11. The molecule has 1 heterocycles. The van der Waals surface area contributed by atoms with E-state index in [0.717, 1.165) is 12.8 Å². The molecule has 0 bridgehead atoms. The molecule has 1 aromatic carbocycles. The minimum absolute atomic E-state index is 0. The van der Waals surface area contributed by atoms with Crippen LogP contribution in [0.5, 0.6) is 0 Å². The number of nitrogens with zero attached hydrogens (tertiary/aromatic N) is 2. The van der Waals surface area contributed by atoms with Crippen molar-refractivity contribution < 1.29 is 44.3 Å². The molecule has 28 heavy (non-hydrogen) atoms. The van der Waals surface area contributed by atoms with Crippen molar-refractivity contribution in [2.24, 2.45) is 12.5 Å². The van der Waals surface area contributed by atoms with Gasteiger partial charge in [0.15, 0.2) is 0 Å². The quantitative estimate of drug-likeness (QED) is 0.597. The standard InChI is InChI=1S/C20H25N3O4.Na/c1-3-15-17(18(25)23(22(15)2)14-9-5-4-6-10-14)21-16(24)13-20(19(26)27)11-7-8-12-20;/h4-6,9-10H,3,7-8,11-13H2,1-2H3,(H,21,24)(H,26,27);/q;+1/p-1. The maximum absolute atomic E-state index is 13.0. The van der Waals surface area contributed by atoms with Gasteiger partial charge in [0.25, 0.3) is 5.56 Å². The van der Waals surface area contributed by atoms with Crippen molar-refractivity contribution in [2.75, 3.05) is 5.32 Å². The number of aliphatic carboxylic acids is 1. The van der Waals surface area contributed by atoms with Gasteiger partial charge in [0, 0.05) is 24.9 Å². The normalized spacial score (nSPS) is 15.1. The number of carbonyl (C=O) groups excluding carboxylic acids is 2. The molecule has 7 nitrogen and oxygen atoms in total. The van der Waals surface area contributed by atoms with Crippen LogP contribution in [0.25, 0.3) is 5.69 Å². The molecule has 2 aromatic rings. The number of para-hydroxylation sites is 1. The summed E-state index contributed by atoms with van der Waals surface area (Å²) in [6.07, 6.45) is 2.80. The molecular weight excluding hydrogens is 369 g/mol. The molecule has 0 aliphatic heterocycles. The third-order valence-electron chi connectivity index (χ3n) is 5.48. The number of carboxylic acids is 1. The molecule has 1 fully saturated rings. The number of aromatic nitrogens is 2. The Kier molecular flexibility index (Phi) is 7.31. The molecule has 0 unspecified atom stereocenters. The Labute approximate surface area is 186 Å². The zero-order valence-corrected chi connectivity index (χ0v) is 18.7. The SMILES string of the molecule is CCc1c(NC(=O)CC2(C(=O)[O-])CCCC2)c(=O)n(-c2ccccc2)n1C.[Na+]. The number of hydrogen-bond acceptors (Lipinski definition) is 4. The Morgan fingerprint density at radius 3 is 2.32 bits per heavy atom. The summed E-state index contributed by atoms with van der Waals surface area (Å²) in [6, 6.07) is 9.17. The smallest absolute Gasteiger partial charge is 0.550 e. The molecule has 1 N–H and O–H groups in total. The molecule has 1 amide bonds. The number of amides is 1. The van der Waals surface area contributed by atoms with E-state index < -0.39 is 17.3 Å². The number of anilines is 1. The van der Waals surface area contributed by atoms with Gasteiger partial charge in [0.1, 0.15) is 5.69 Å². The Hall–Kier alpha value is -1.83. The van der Waals surface area contributed by atoms with Gasteiger partial charge >= 0.3 is 29.6 Å². The molecule has 0 radical (unpaired) electrons.